The van der Waals surface area contributed by atoms with Crippen LogP contribution < -0.4 is 0 Å². The highest BCUT2D eigenvalue weighted by Gasteiger charge is 2.28. The van der Waals surface area contributed by atoms with Gasteiger partial charge < -0.3 is 0 Å². The number of terminal acetylenes is 1. The van der Waals surface area contributed by atoms with E-state index >= 15 is 0 Å². The van der Waals surface area contributed by atoms with E-state index in [0.29, 0.717) is 6.07 Å². The molecule has 0 bridgehead atoms. The maximum atomic E-state index is 13.6. The molecule has 0 aliphatic carbocycles. The Morgan fingerprint density at radius 3 is 2.50 bits per heavy atom. The van der Waals surface area contributed by atoms with E-state index in [1.165, 1.54) is 0 Å². The standard InChI is InChI=1S/C11H10BrF2NO2S/c1-3-5-15(4-2)18(16,17)11-9(12)6-8(13)7-10(11)14/h1,6-7H,4-5H2,2H3. The number of nitrogens with zero attached hydrogens (tertiary/aromatic N) is 1. The number of sulfonamides is 1. The fourth-order valence-corrected chi connectivity index (χ4v) is 3.85. The Labute approximate surface area is 113 Å². The molecule has 0 aromatic heterocycles. The van der Waals surface area contributed by atoms with Crippen LogP contribution in [0, 0.1) is 24.0 Å². The summed E-state index contributed by atoms with van der Waals surface area (Å²) in [4.78, 5) is -0.610. The van der Waals surface area contributed by atoms with Crippen LogP contribution in [0.25, 0.3) is 0 Å². The molecule has 0 unspecified atom stereocenters. The van der Waals surface area contributed by atoms with Gasteiger partial charge in [0.05, 0.1) is 6.54 Å². The topological polar surface area (TPSA) is 37.4 Å². The van der Waals surface area contributed by atoms with Crippen LogP contribution in [0.2, 0.25) is 0 Å². The van der Waals surface area contributed by atoms with E-state index < -0.39 is 26.6 Å². The molecule has 0 saturated carbocycles. The first-order valence-corrected chi connectivity index (χ1v) is 7.16. The van der Waals surface area contributed by atoms with Gasteiger partial charge in [-0.3, -0.25) is 0 Å². The van der Waals surface area contributed by atoms with Crippen LogP contribution in [0.1, 0.15) is 6.92 Å². The van der Waals surface area contributed by atoms with Crippen molar-refractivity contribution in [3.05, 3.63) is 28.2 Å². The zero-order chi connectivity index (χ0) is 13.9. The Hall–Kier alpha value is -0.970. The van der Waals surface area contributed by atoms with Crippen molar-refractivity contribution in [1.29, 1.82) is 0 Å². The summed E-state index contributed by atoms with van der Waals surface area (Å²) in [5, 5.41) is 0. The molecule has 1 aromatic rings. The first kappa shape index (κ1) is 15.1. The van der Waals surface area contributed by atoms with E-state index in [1.807, 2.05) is 0 Å². The molecule has 0 atom stereocenters. The highest BCUT2D eigenvalue weighted by atomic mass is 79.9. The number of benzene rings is 1. The van der Waals surface area contributed by atoms with Gasteiger partial charge in [-0.25, -0.2) is 17.2 Å². The molecule has 0 aliphatic rings. The fourth-order valence-electron chi connectivity index (χ4n) is 1.37. The van der Waals surface area contributed by atoms with E-state index in [0.717, 1.165) is 10.4 Å². The van der Waals surface area contributed by atoms with Gasteiger partial charge in [-0.1, -0.05) is 12.8 Å². The van der Waals surface area contributed by atoms with Crippen LogP contribution in [0.4, 0.5) is 8.78 Å². The average molecular weight is 338 g/mol. The first-order valence-electron chi connectivity index (χ1n) is 4.92. The minimum Gasteiger partial charge on any atom is -0.207 e. The van der Waals surface area contributed by atoms with Gasteiger partial charge in [-0.05, 0) is 22.0 Å². The smallest absolute Gasteiger partial charge is 0.207 e. The number of halogens is 3. The van der Waals surface area contributed by atoms with Gasteiger partial charge in [0.1, 0.15) is 16.5 Å². The largest absolute Gasteiger partial charge is 0.247 e. The van der Waals surface area contributed by atoms with Crippen molar-refractivity contribution < 1.29 is 17.2 Å². The Morgan fingerprint density at radius 1 is 1.44 bits per heavy atom. The Balaban J connectivity index is 3.42. The average Bonchev–Trinajstić information content (AvgIpc) is 2.23. The molecule has 3 nitrogen and oxygen atoms in total. The summed E-state index contributed by atoms with van der Waals surface area (Å²) in [6, 6.07) is 1.40. The highest BCUT2D eigenvalue weighted by molar-refractivity contribution is 9.10. The molecule has 0 aliphatic heterocycles. The van der Waals surface area contributed by atoms with E-state index in [1.54, 1.807) is 6.92 Å². The zero-order valence-corrected chi connectivity index (χ0v) is 11.9. The van der Waals surface area contributed by atoms with E-state index in [9.17, 15) is 17.2 Å². The lowest BCUT2D eigenvalue weighted by Crippen LogP contribution is -2.32. The van der Waals surface area contributed by atoms with Crippen molar-refractivity contribution in [2.24, 2.45) is 0 Å². The summed E-state index contributed by atoms with van der Waals surface area (Å²) in [6.07, 6.45) is 5.06. The molecule has 1 aromatic carbocycles. The molecule has 1 rings (SSSR count). The Bertz CT molecular complexity index is 573. The second-order valence-corrected chi connectivity index (χ2v) is 6.06. The maximum absolute atomic E-state index is 13.6. The molecule has 0 N–H and O–H groups in total. The Kier molecular flexibility index (Phi) is 4.85. The summed E-state index contributed by atoms with van der Waals surface area (Å²) in [6.45, 7) is 1.49. The molecule has 7 heteroatoms. The third-order valence-electron chi connectivity index (χ3n) is 2.18. The summed E-state index contributed by atoms with van der Waals surface area (Å²) in [7, 11) is -4.09. The predicted octanol–water partition coefficient (Wildman–Crippen LogP) is 2.37. The normalized spacial score (nSPS) is 11.6. The highest BCUT2D eigenvalue weighted by Crippen LogP contribution is 2.28. The van der Waals surface area contributed by atoms with Crippen molar-refractivity contribution >= 4 is 26.0 Å². The SMILES string of the molecule is C#CCN(CC)S(=O)(=O)c1c(F)cc(F)cc1Br. The van der Waals surface area contributed by atoms with Crippen LogP contribution in [0.5, 0.6) is 0 Å². The van der Waals surface area contributed by atoms with Crippen molar-refractivity contribution in [3.63, 3.8) is 0 Å². The third kappa shape index (κ3) is 2.88. The van der Waals surface area contributed by atoms with E-state index in [-0.39, 0.29) is 17.6 Å². The second kappa shape index (κ2) is 5.78. The lowest BCUT2D eigenvalue weighted by atomic mass is 10.3. The van der Waals surface area contributed by atoms with Gasteiger partial charge in [0.15, 0.2) is 0 Å². The third-order valence-corrected chi connectivity index (χ3v) is 5.07. The van der Waals surface area contributed by atoms with Gasteiger partial charge in [0.2, 0.25) is 10.0 Å². The quantitative estimate of drug-likeness (QED) is 0.791. The molecule has 0 heterocycles. The summed E-state index contributed by atoms with van der Waals surface area (Å²) >= 11 is 2.84. The number of hydrogen-bond donors (Lipinski definition) is 0. The van der Waals surface area contributed by atoms with Gasteiger partial charge in [0, 0.05) is 17.1 Å². The summed E-state index contributed by atoms with van der Waals surface area (Å²) in [5.74, 6) is 0.162. The predicted molar refractivity (Wildman–Crippen MR) is 67.3 cm³/mol. The minimum atomic E-state index is -4.09. The zero-order valence-electron chi connectivity index (χ0n) is 9.45. The van der Waals surface area contributed by atoms with Crippen molar-refractivity contribution in [2.75, 3.05) is 13.1 Å². The second-order valence-electron chi connectivity index (χ2n) is 3.33. The van der Waals surface area contributed by atoms with Crippen molar-refractivity contribution in [1.82, 2.24) is 4.31 Å². The molecule has 0 fully saturated rings. The van der Waals surface area contributed by atoms with Gasteiger partial charge >= 0.3 is 0 Å². The molecular weight excluding hydrogens is 328 g/mol. The van der Waals surface area contributed by atoms with E-state index in [2.05, 4.69) is 21.9 Å². The Morgan fingerprint density at radius 2 is 2.06 bits per heavy atom. The first-order chi connectivity index (χ1) is 8.34. The minimum absolute atomic E-state index is 0.0930. The van der Waals surface area contributed by atoms with Crippen molar-refractivity contribution in [2.45, 2.75) is 11.8 Å². The molecule has 0 saturated heterocycles. The number of rotatable bonds is 4. The molecule has 0 spiro atoms. The lowest BCUT2D eigenvalue weighted by Gasteiger charge is -2.19. The molecular formula is C11H10BrF2NO2S. The molecule has 98 valence electrons. The summed E-state index contributed by atoms with van der Waals surface area (Å²) < 4.78 is 51.6. The monoisotopic (exact) mass is 337 g/mol. The van der Waals surface area contributed by atoms with Crippen LogP contribution in [0.3, 0.4) is 0 Å². The molecule has 0 amide bonds. The fraction of sp³-hybridized carbons (Fsp3) is 0.273. The molecule has 18 heavy (non-hydrogen) atoms. The van der Waals surface area contributed by atoms with E-state index in [4.69, 9.17) is 6.42 Å². The van der Waals surface area contributed by atoms with Crippen LogP contribution in [-0.4, -0.2) is 25.8 Å². The lowest BCUT2D eigenvalue weighted by molar-refractivity contribution is 0.455. The van der Waals surface area contributed by atoms with Gasteiger partial charge in [-0.15, -0.1) is 6.42 Å². The van der Waals surface area contributed by atoms with Crippen molar-refractivity contribution in [3.8, 4) is 12.3 Å². The summed E-state index contributed by atoms with van der Waals surface area (Å²) in [5.41, 5.74) is 0. The maximum Gasteiger partial charge on any atom is 0.247 e. The van der Waals surface area contributed by atoms with Crippen LogP contribution in [-0.2, 0) is 10.0 Å². The number of hydrogen-bond acceptors (Lipinski definition) is 2. The van der Waals surface area contributed by atoms with Gasteiger partial charge in [0.25, 0.3) is 0 Å². The van der Waals surface area contributed by atoms with Crippen LogP contribution in [0.15, 0.2) is 21.5 Å². The van der Waals surface area contributed by atoms with Crippen LogP contribution >= 0.6 is 15.9 Å². The molecule has 0 radical (unpaired) electrons. The van der Waals surface area contributed by atoms with Gasteiger partial charge in [-0.2, -0.15) is 4.31 Å².